The van der Waals surface area contributed by atoms with Gasteiger partial charge in [0.15, 0.2) is 0 Å². The molecule has 0 fully saturated rings. The Labute approximate surface area is 122 Å². The molecule has 0 spiro atoms. The van der Waals surface area contributed by atoms with E-state index in [0.29, 0.717) is 23.3 Å². The molecule has 7 heteroatoms. The molecule has 0 aromatic carbocycles. The number of aromatic nitrogens is 2. The third kappa shape index (κ3) is 3.51. The van der Waals surface area contributed by atoms with Crippen molar-refractivity contribution >= 4 is 44.3 Å². The van der Waals surface area contributed by atoms with Gasteiger partial charge in [-0.2, -0.15) is 0 Å². The van der Waals surface area contributed by atoms with Gasteiger partial charge in [0.05, 0.1) is 17.7 Å². The van der Waals surface area contributed by atoms with Gasteiger partial charge in [0.25, 0.3) is 6.43 Å². The molecule has 3 nitrogen and oxygen atoms in total. The maximum Gasteiger partial charge on any atom is 0.255 e. The zero-order valence-electron chi connectivity index (χ0n) is 9.86. The minimum atomic E-state index is -2.43. The van der Waals surface area contributed by atoms with Crippen LogP contribution in [-0.2, 0) is 0 Å². The van der Waals surface area contributed by atoms with Gasteiger partial charge in [0.2, 0.25) is 0 Å². The molecule has 102 valence electrons. The molecule has 0 aliphatic carbocycles. The molecular weight excluding hydrogens is 340 g/mol. The summed E-state index contributed by atoms with van der Waals surface area (Å²) in [5, 5.41) is 0. The minimum absolute atomic E-state index is 0.271. The topological polar surface area (TPSA) is 29.0 Å². The van der Waals surface area contributed by atoms with Crippen molar-refractivity contribution in [3.05, 3.63) is 29.0 Å². The second kappa shape index (κ2) is 6.43. The number of pyridine rings is 2. The summed E-state index contributed by atoms with van der Waals surface area (Å²) in [5.74, 6) is 0.271. The van der Waals surface area contributed by atoms with Crippen LogP contribution >= 0.6 is 27.5 Å². The summed E-state index contributed by atoms with van der Waals surface area (Å²) < 4.78 is 26.1. The largest absolute Gasteiger partial charge is 0.363 e. The lowest BCUT2D eigenvalue weighted by Gasteiger charge is -2.24. The molecule has 2 rings (SSSR count). The number of nitrogens with zero attached hydrogens (tertiary/aromatic N) is 3. The fourth-order valence-corrected chi connectivity index (χ4v) is 2.35. The third-order valence-electron chi connectivity index (χ3n) is 2.58. The van der Waals surface area contributed by atoms with E-state index in [2.05, 4.69) is 25.9 Å². The third-order valence-corrected chi connectivity index (χ3v) is 3.18. The van der Waals surface area contributed by atoms with Crippen LogP contribution in [0.4, 0.5) is 14.5 Å². The number of alkyl halides is 3. The molecule has 0 saturated carbocycles. The van der Waals surface area contributed by atoms with E-state index in [-0.39, 0.29) is 12.4 Å². The summed E-state index contributed by atoms with van der Waals surface area (Å²) in [6.45, 7) is -0.0354. The molecule has 2 heterocycles. The number of halogens is 4. The van der Waals surface area contributed by atoms with Crippen LogP contribution in [0.5, 0.6) is 0 Å². The number of hydrogen-bond acceptors (Lipinski definition) is 3. The molecule has 19 heavy (non-hydrogen) atoms. The molecule has 0 unspecified atom stereocenters. The summed E-state index contributed by atoms with van der Waals surface area (Å²) in [4.78, 5) is 9.97. The molecule has 0 aliphatic rings. The van der Waals surface area contributed by atoms with Crippen LogP contribution in [0.25, 0.3) is 11.0 Å². The highest BCUT2D eigenvalue weighted by atomic mass is 79.9. The van der Waals surface area contributed by atoms with E-state index in [4.69, 9.17) is 11.6 Å². The van der Waals surface area contributed by atoms with Crippen molar-refractivity contribution in [1.82, 2.24) is 9.97 Å². The van der Waals surface area contributed by atoms with Crippen LogP contribution in [0.2, 0.25) is 0 Å². The van der Waals surface area contributed by atoms with Crippen molar-refractivity contribution in [3.63, 3.8) is 0 Å². The van der Waals surface area contributed by atoms with Gasteiger partial charge in [-0.05, 0) is 28.1 Å². The fraction of sp³-hybridized carbons (Fsp3) is 0.333. The first-order chi connectivity index (χ1) is 9.11. The number of fused-ring (bicyclic) bond motifs is 1. The monoisotopic (exact) mass is 349 g/mol. The SMILES string of the molecule is FC(F)CN(CCCl)c1ccnc2cc(Br)cnc12. The van der Waals surface area contributed by atoms with E-state index in [1.807, 2.05) is 0 Å². The second-order valence-corrected chi connectivity index (χ2v) is 5.17. The highest BCUT2D eigenvalue weighted by Crippen LogP contribution is 2.25. The van der Waals surface area contributed by atoms with Crippen LogP contribution in [0.15, 0.2) is 29.0 Å². The summed E-state index contributed by atoms with van der Waals surface area (Å²) in [6, 6.07) is 3.48. The highest BCUT2D eigenvalue weighted by molar-refractivity contribution is 9.10. The van der Waals surface area contributed by atoms with E-state index >= 15 is 0 Å². The van der Waals surface area contributed by atoms with Crippen molar-refractivity contribution < 1.29 is 8.78 Å². The molecular formula is C12H11BrClF2N3. The van der Waals surface area contributed by atoms with E-state index in [1.54, 1.807) is 24.5 Å². The lowest BCUT2D eigenvalue weighted by atomic mass is 10.2. The van der Waals surface area contributed by atoms with Gasteiger partial charge in [0, 0.05) is 29.3 Å². The number of rotatable bonds is 5. The molecule has 0 saturated heterocycles. The number of anilines is 1. The van der Waals surface area contributed by atoms with Gasteiger partial charge in [-0.15, -0.1) is 11.6 Å². The van der Waals surface area contributed by atoms with Gasteiger partial charge in [-0.1, -0.05) is 0 Å². The summed E-state index contributed by atoms with van der Waals surface area (Å²) >= 11 is 8.98. The first kappa shape index (κ1) is 14.4. The van der Waals surface area contributed by atoms with Gasteiger partial charge >= 0.3 is 0 Å². The Hall–Kier alpha value is -1.01. The van der Waals surface area contributed by atoms with Crippen LogP contribution in [0, 0.1) is 0 Å². The normalized spacial score (nSPS) is 11.2. The van der Waals surface area contributed by atoms with Gasteiger partial charge in [-0.25, -0.2) is 8.78 Å². The van der Waals surface area contributed by atoms with E-state index < -0.39 is 6.43 Å². The Morgan fingerprint density at radius 1 is 1.37 bits per heavy atom. The smallest absolute Gasteiger partial charge is 0.255 e. The van der Waals surface area contributed by atoms with E-state index in [9.17, 15) is 8.78 Å². The molecule has 2 aromatic rings. The molecule has 0 N–H and O–H groups in total. The Kier molecular flexibility index (Phi) is 4.87. The Morgan fingerprint density at radius 2 is 2.16 bits per heavy atom. The standard InChI is InChI=1S/C12H11BrClF2N3/c13-8-5-9-12(18-6-8)10(1-3-17-9)19(4-2-14)7-11(15)16/h1,3,5-6,11H,2,4,7H2. The summed E-state index contributed by atoms with van der Waals surface area (Å²) in [6.07, 6.45) is 0.773. The predicted molar refractivity (Wildman–Crippen MR) is 76.2 cm³/mol. The average molecular weight is 351 g/mol. The van der Waals surface area contributed by atoms with Gasteiger partial charge in [0.1, 0.15) is 5.52 Å². The lowest BCUT2D eigenvalue weighted by molar-refractivity contribution is 0.155. The minimum Gasteiger partial charge on any atom is -0.363 e. The maximum absolute atomic E-state index is 12.6. The maximum atomic E-state index is 12.6. The van der Waals surface area contributed by atoms with Crippen molar-refractivity contribution in [2.24, 2.45) is 0 Å². The molecule has 2 aromatic heterocycles. The Balaban J connectivity index is 2.46. The van der Waals surface area contributed by atoms with Crippen LogP contribution in [0.1, 0.15) is 0 Å². The van der Waals surface area contributed by atoms with Gasteiger partial charge < -0.3 is 4.90 Å². The van der Waals surface area contributed by atoms with Crippen molar-refractivity contribution in [1.29, 1.82) is 0 Å². The van der Waals surface area contributed by atoms with Crippen molar-refractivity contribution in [3.8, 4) is 0 Å². The molecule has 0 atom stereocenters. The highest BCUT2D eigenvalue weighted by Gasteiger charge is 2.16. The van der Waals surface area contributed by atoms with Crippen LogP contribution in [0.3, 0.4) is 0 Å². The molecule has 0 radical (unpaired) electrons. The van der Waals surface area contributed by atoms with Crippen molar-refractivity contribution in [2.45, 2.75) is 6.43 Å². The van der Waals surface area contributed by atoms with Crippen molar-refractivity contribution in [2.75, 3.05) is 23.9 Å². The quantitative estimate of drug-likeness (QED) is 0.770. The van der Waals surface area contributed by atoms with Gasteiger partial charge in [-0.3, -0.25) is 9.97 Å². The zero-order valence-corrected chi connectivity index (χ0v) is 12.2. The van der Waals surface area contributed by atoms with Crippen LogP contribution < -0.4 is 4.90 Å². The first-order valence-corrected chi connectivity index (χ1v) is 6.94. The second-order valence-electron chi connectivity index (χ2n) is 3.88. The molecule has 0 aliphatic heterocycles. The zero-order chi connectivity index (χ0) is 13.8. The first-order valence-electron chi connectivity index (χ1n) is 5.61. The summed E-state index contributed by atoms with van der Waals surface area (Å²) in [5.41, 5.74) is 1.87. The Bertz CT molecular complexity index is 568. The Morgan fingerprint density at radius 3 is 2.84 bits per heavy atom. The summed E-state index contributed by atoms with van der Waals surface area (Å²) in [7, 11) is 0. The predicted octanol–water partition coefficient (Wildman–Crippen LogP) is 3.70. The fourth-order valence-electron chi connectivity index (χ4n) is 1.83. The lowest BCUT2D eigenvalue weighted by Crippen LogP contribution is -2.31. The number of hydrogen-bond donors (Lipinski definition) is 0. The van der Waals surface area contributed by atoms with E-state index in [1.165, 1.54) is 4.90 Å². The molecule has 0 bridgehead atoms. The molecule has 0 amide bonds. The van der Waals surface area contributed by atoms with E-state index in [0.717, 1.165) is 4.47 Å². The van der Waals surface area contributed by atoms with Crippen LogP contribution in [-0.4, -0.2) is 35.4 Å². The average Bonchev–Trinajstić information content (AvgIpc) is 2.36.